The van der Waals surface area contributed by atoms with Crippen molar-refractivity contribution >= 4 is 0 Å². The summed E-state index contributed by atoms with van der Waals surface area (Å²) in [6.07, 6.45) is 3.93. The summed E-state index contributed by atoms with van der Waals surface area (Å²) in [4.78, 5) is 0. The molecule has 0 heterocycles. The van der Waals surface area contributed by atoms with Crippen molar-refractivity contribution in [1.82, 2.24) is 5.32 Å². The lowest BCUT2D eigenvalue weighted by atomic mass is 9.79. The highest BCUT2D eigenvalue weighted by Crippen LogP contribution is 2.32. The summed E-state index contributed by atoms with van der Waals surface area (Å²) in [7, 11) is 1.54. The van der Waals surface area contributed by atoms with Gasteiger partial charge in [0, 0.05) is 12.6 Å². The van der Waals surface area contributed by atoms with Crippen LogP contribution in [0.1, 0.15) is 51.1 Å². The van der Waals surface area contributed by atoms with E-state index in [4.69, 9.17) is 4.74 Å². The van der Waals surface area contributed by atoms with Crippen molar-refractivity contribution in [3.05, 3.63) is 23.8 Å². The van der Waals surface area contributed by atoms with Gasteiger partial charge in [0.1, 0.15) is 0 Å². The van der Waals surface area contributed by atoms with Crippen LogP contribution in [0.3, 0.4) is 0 Å². The molecule has 0 bridgehead atoms. The highest BCUT2D eigenvalue weighted by atomic mass is 16.5. The van der Waals surface area contributed by atoms with E-state index in [0.29, 0.717) is 12.3 Å². The number of ether oxygens (including phenoxy) is 1. The van der Waals surface area contributed by atoms with Gasteiger partial charge in [0.05, 0.1) is 12.7 Å². The monoisotopic (exact) mass is 293 g/mol. The number of methoxy groups -OCH3 is 1. The highest BCUT2D eigenvalue weighted by Gasteiger charge is 2.31. The maximum atomic E-state index is 10.6. The van der Waals surface area contributed by atoms with Crippen LogP contribution in [0.4, 0.5) is 0 Å². The van der Waals surface area contributed by atoms with E-state index in [2.05, 4.69) is 19.2 Å². The van der Waals surface area contributed by atoms with Crippen LogP contribution in [0.25, 0.3) is 0 Å². The first-order chi connectivity index (χ1) is 9.93. The van der Waals surface area contributed by atoms with E-state index in [1.807, 2.05) is 12.1 Å². The Hall–Kier alpha value is -1.26. The van der Waals surface area contributed by atoms with Gasteiger partial charge in [-0.25, -0.2) is 0 Å². The van der Waals surface area contributed by atoms with Crippen molar-refractivity contribution in [1.29, 1.82) is 0 Å². The van der Waals surface area contributed by atoms with Crippen molar-refractivity contribution in [3.63, 3.8) is 0 Å². The first-order valence-corrected chi connectivity index (χ1v) is 7.76. The Morgan fingerprint density at radius 3 is 2.67 bits per heavy atom. The van der Waals surface area contributed by atoms with Crippen molar-refractivity contribution in [2.24, 2.45) is 5.92 Å². The fraction of sp³-hybridized carbons (Fsp3) is 0.647. The lowest BCUT2D eigenvalue weighted by Gasteiger charge is -2.36. The Morgan fingerprint density at radius 2 is 2.05 bits per heavy atom. The van der Waals surface area contributed by atoms with E-state index in [-0.39, 0.29) is 11.8 Å². The number of hydrogen-bond acceptors (Lipinski definition) is 4. The molecule has 0 saturated heterocycles. The molecular formula is C17H27NO3. The second kappa shape index (κ2) is 6.67. The van der Waals surface area contributed by atoms with Crippen LogP contribution in [0.2, 0.25) is 0 Å². The number of aromatic hydroxyl groups is 1. The zero-order chi connectivity index (χ0) is 15.5. The minimum Gasteiger partial charge on any atom is -0.504 e. The van der Waals surface area contributed by atoms with E-state index in [1.54, 1.807) is 13.2 Å². The fourth-order valence-corrected chi connectivity index (χ4v) is 2.90. The third kappa shape index (κ3) is 4.11. The predicted octanol–water partition coefficient (Wildman–Crippen LogP) is 2.99. The lowest BCUT2D eigenvalue weighted by molar-refractivity contribution is -0.00784. The molecule has 1 saturated carbocycles. The number of rotatable bonds is 5. The van der Waals surface area contributed by atoms with Crippen molar-refractivity contribution in [2.45, 2.75) is 51.2 Å². The number of hydrogen-bond donors (Lipinski definition) is 3. The summed E-state index contributed by atoms with van der Waals surface area (Å²) in [6, 6.07) is 5.45. The number of phenolic OH excluding ortho intramolecular Hbond substituents is 1. The van der Waals surface area contributed by atoms with Gasteiger partial charge in [-0.3, -0.25) is 0 Å². The Morgan fingerprint density at radius 1 is 1.38 bits per heavy atom. The zero-order valence-corrected chi connectivity index (χ0v) is 13.2. The molecule has 3 N–H and O–H groups in total. The number of phenols is 1. The SMILES string of the molecule is COc1cc(C(C)NCC2(O)CCC(C)CC2)ccc1O. The first kappa shape index (κ1) is 16.1. The maximum Gasteiger partial charge on any atom is 0.160 e. The van der Waals surface area contributed by atoms with E-state index < -0.39 is 5.60 Å². The third-order valence-corrected chi connectivity index (χ3v) is 4.65. The Kier molecular flexibility index (Phi) is 5.12. The average Bonchev–Trinajstić information content (AvgIpc) is 2.49. The number of nitrogens with one attached hydrogen (secondary N) is 1. The van der Waals surface area contributed by atoms with Crippen LogP contribution >= 0.6 is 0 Å². The second-order valence-corrected chi connectivity index (χ2v) is 6.44. The topological polar surface area (TPSA) is 61.7 Å². The summed E-state index contributed by atoms with van der Waals surface area (Å²) in [5.41, 5.74) is 0.458. The molecule has 0 aromatic heterocycles. The molecule has 21 heavy (non-hydrogen) atoms. The standard InChI is InChI=1S/C17H27NO3/c1-12-6-8-17(20,9-7-12)11-18-13(2)14-4-5-15(19)16(10-14)21-3/h4-5,10,12-13,18-20H,6-9,11H2,1-3H3. The predicted molar refractivity (Wildman–Crippen MR) is 83.7 cm³/mol. The largest absolute Gasteiger partial charge is 0.504 e. The summed E-state index contributed by atoms with van der Waals surface area (Å²) < 4.78 is 5.13. The molecule has 1 aromatic rings. The van der Waals surface area contributed by atoms with Gasteiger partial charge in [0.2, 0.25) is 0 Å². The normalized spacial score (nSPS) is 27.3. The molecule has 0 radical (unpaired) electrons. The van der Waals surface area contributed by atoms with E-state index in [9.17, 15) is 10.2 Å². The van der Waals surface area contributed by atoms with Crippen molar-refractivity contribution in [3.8, 4) is 11.5 Å². The molecule has 0 amide bonds. The lowest BCUT2D eigenvalue weighted by Crippen LogP contribution is -2.44. The van der Waals surface area contributed by atoms with Crippen LogP contribution < -0.4 is 10.1 Å². The molecule has 2 rings (SSSR count). The molecule has 1 fully saturated rings. The van der Waals surface area contributed by atoms with Gasteiger partial charge in [-0.1, -0.05) is 13.0 Å². The molecule has 1 aliphatic carbocycles. The Balaban J connectivity index is 1.94. The van der Waals surface area contributed by atoms with Crippen molar-refractivity contribution in [2.75, 3.05) is 13.7 Å². The van der Waals surface area contributed by atoms with E-state index in [0.717, 1.165) is 37.2 Å². The minimum absolute atomic E-state index is 0.0999. The molecule has 0 aliphatic heterocycles. The molecule has 1 aliphatic rings. The molecule has 1 atom stereocenters. The molecule has 1 aromatic carbocycles. The van der Waals surface area contributed by atoms with Gasteiger partial charge in [-0.05, 0) is 56.2 Å². The van der Waals surface area contributed by atoms with Crippen LogP contribution in [-0.4, -0.2) is 29.5 Å². The van der Waals surface area contributed by atoms with E-state index in [1.165, 1.54) is 0 Å². The van der Waals surface area contributed by atoms with Crippen LogP contribution in [0, 0.1) is 5.92 Å². The fourth-order valence-electron chi connectivity index (χ4n) is 2.90. The van der Waals surface area contributed by atoms with Gasteiger partial charge in [-0.2, -0.15) is 0 Å². The zero-order valence-electron chi connectivity index (χ0n) is 13.2. The number of aliphatic hydroxyl groups is 1. The third-order valence-electron chi connectivity index (χ3n) is 4.65. The highest BCUT2D eigenvalue weighted by molar-refractivity contribution is 5.42. The molecule has 1 unspecified atom stereocenters. The molecule has 4 heteroatoms. The maximum absolute atomic E-state index is 10.6. The van der Waals surface area contributed by atoms with Crippen LogP contribution in [-0.2, 0) is 0 Å². The average molecular weight is 293 g/mol. The van der Waals surface area contributed by atoms with E-state index >= 15 is 0 Å². The van der Waals surface area contributed by atoms with Gasteiger partial charge >= 0.3 is 0 Å². The van der Waals surface area contributed by atoms with Gasteiger partial charge < -0.3 is 20.3 Å². The summed E-state index contributed by atoms with van der Waals surface area (Å²) in [5.74, 6) is 1.35. The summed E-state index contributed by atoms with van der Waals surface area (Å²) >= 11 is 0. The van der Waals surface area contributed by atoms with Crippen LogP contribution in [0.15, 0.2) is 18.2 Å². The second-order valence-electron chi connectivity index (χ2n) is 6.44. The Labute approximate surface area is 127 Å². The first-order valence-electron chi connectivity index (χ1n) is 7.76. The smallest absolute Gasteiger partial charge is 0.160 e. The Bertz CT molecular complexity index is 467. The quantitative estimate of drug-likeness (QED) is 0.781. The summed E-state index contributed by atoms with van der Waals surface area (Å²) in [6.45, 7) is 4.91. The van der Waals surface area contributed by atoms with Crippen LogP contribution in [0.5, 0.6) is 11.5 Å². The molecule has 4 nitrogen and oxygen atoms in total. The number of benzene rings is 1. The van der Waals surface area contributed by atoms with Gasteiger partial charge in [0.15, 0.2) is 11.5 Å². The minimum atomic E-state index is -0.582. The summed E-state index contributed by atoms with van der Waals surface area (Å²) in [5, 5.41) is 23.6. The van der Waals surface area contributed by atoms with Gasteiger partial charge in [0.25, 0.3) is 0 Å². The molecular weight excluding hydrogens is 266 g/mol. The molecule has 0 spiro atoms. The molecule has 118 valence electrons. The van der Waals surface area contributed by atoms with Crippen molar-refractivity contribution < 1.29 is 14.9 Å². The van der Waals surface area contributed by atoms with Gasteiger partial charge in [-0.15, -0.1) is 0 Å².